The van der Waals surface area contributed by atoms with Gasteiger partial charge in [-0.1, -0.05) is 6.07 Å². The lowest BCUT2D eigenvalue weighted by Gasteiger charge is -2.36. The number of nitrogens with one attached hydrogen (secondary N) is 2. The largest absolute Gasteiger partial charge is 0.497 e. The number of methoxy groups -OCH3 is 1. The Morgan fingerprint density at radius 1 is 1.29 bits per heavy atom. The fourth-order valence-electron chi connectivity index (χ4n) is 3.50. The molecule has 8 nitrogen and oxygen atoms in total. The summed E-state index contributed by atoms with van der Waals surface area (Å²) in [5.74, 6) is 0.390. The zero-order valence-corrected chi connectivity index (χ0v) is 16.8. The number of carbonyl (C=O) groups excluding carboxylic acids is 1. The van der Waals surface area contributed by atoms with E-state index in [0.29, 0.717) is 18.6 Å². The first-order valence-electron chi connectivity index (χ1n) is 9.63. The maximum absolute atomic E-state index is 12.7. The number of benzene rings is 1. The van der Waals surface area contributed by atoms with Crippen molar-refractivity contribution < 1.29 is 27.8 Å². The molecule has 1 aliphatic heterocycles. The molecule has 1 saturated heterocycles. The quantitative estimate of drug-likeness (QED) is 0.586. The number of hydrogen-bond donors (Lipinski definition) is 3. The average Bonchev–Trinajstić information content (AvgIpc) is 2.65. The van der Waals surface area contributed by atoms with Crippen LogP contribution in [0, 0.1) is 0 Å². The summed E-state index contributed by atoms with van der Waals surface area (Å²) in [6.07, 6.45) is 3.41. The molecule has 1 aliphatic carbocycles. The van der Waals surface area contributed by atoms with Crippen LogP contribution in [0.15, 0.2) is 29.2 Å². The number of rotatable bonds is 8. The van der Waals surface area contributed by atoms with Crippen LogP contribution in [0.3, 0.4) is 0 Å². The van der Waals surface area contributed by atoms with Crippen LogP contribution in [0.2, 0.25) is 0 Å². The number of aliphatic hydroxyl groups is 1. The molecule has 1 amide bonds. The van der Waals surface area contributed by atoms with Gasteiger partial charge in [0.15, 0.2) is 0 Å². The first-order chi connectivity index (χ1) is 13.4. The van der Waals surface area contributed by atoms with Gasteiger partial charge in [-0.3, -0.25) is 4.79 Å². The van der Waals surface area contributed by atoms with Gasteiger partial charge in [-0.15, -0.1) is 0 Å². The van der Waals surface area contributed by atoms with Crippen LogP contribution in [0.25, 0.3) is 0 Å². The molecular weight excluding hydrogens is 384 g/mol. The minimum absolute atomic E-state index is 0.0539. The number of hydrogen-bond acceptors (Lipinski definition) is 6. The molecule has 0 bridgehead atoms. The SMILES string of the molecule is COc1cccc(S(=O)(=O)N[C@@H]2CC[C@H](CC(=O)NC3CCC3)O[C@H]2CO)c1. The Hall–Kier alpha value is -1.68. The Kier molecular flexibility index (Phi) is 6.92. The Morgan fingerprint density at radius 3 is 2.71 bits per heavy atom. The van der Waals surface area contributed by atoms with Gasteiger partial charge in [-0.2, -0.15) is 0 Å². The van der Waals surface area contributed by atoms with Gasteiger partial charge in [0, 0.05) is 12.1 Å². The second kappa shape index (κ2) is 9.21. The van der Waals surface area contributed by atoms with Gasteiger partial charge in [0.2, 0.25) is 15.9 Å². The Labute approximate surface area is 165 Å². The first-order valence-corrected chi connectivity index (χ1v) is 11.1. The number of carbonyl (C=O) groups is 1. The molecule has 156 valence electrons. The summed E-state index contributed by atoms with van der Waals surface area (Å²) in [6, 6.07) is 5.90. The van der Waals surface area contributed by atoms with Gasteiger partial charge in [0.05, 0.1) is 43.3 Å². The lowest BCUT2D eigenvalue weighted by atomic mass is 9.92. The third kappa shape index (κ3) is 5.22. The van der Waals surface area contributed by atoms with Gasteiger partial charge < -0.3 is 19.9 Å². The predicted molar refractivity (Wildman–Crippen MR) is 102 cm³/mol. The monoisotopic (exact) mass is 412 g/mol. The van der Waals surface area contributed by atoms with E-state index in [0.717, 1.165) is 19.3 Å². The van der Waals surface area contributed by atoms with E-state index >= 15 is 0 Å². The van der Waals surface area contributed by atoms with Crippen LogP contribution < -0.4 is 14.8 Å². The molecular formula is C19H28N2O6S. The zero-order valence-electron chi connectivity index (χ0n) is 16.0. The van der Waals surface area contributed by atoms with Crippen molar-refractivity contribution in [3.8, 4) is 5.75 Å². The molecule has 1 aromatic rings. The van der Waals surface area contributed by atoms with E-state index in [1.54, 1.807) is 12.1 Å². The molecule has 9 heteroatoms. The van der Waals surface area contributed by atoms with Gasteiger partial charge in [-0.25, -0.2) is 13.1 Å². The molecule has 2 aliphatic rings. The van der Waals surface area contributed by atoms with Crippen molar-refractivity contribution in [1.82, 2.24) is 10.0 Å². The van der Waals surface area contributed by atoms with E-state index in [-0.39, 0.29) is 36.0 Å². The molecule has 3 N–H and O–H groups in total. The fourth-order valence-corrected chi connectivity index (χ4v) is 4.83. The van der Waals surface area contributed by atoms with Crippen LogP contribution >= 0.6 is 0 Å². The molecule has 3 rings (SSSR count). The van der Waals surface area contributed by atoms with Crippen molar-refractivity contribution in [2.24, 2.45) is 0 Å². The normalized spacial score (nSPS) is 25.7. The van der Waals surface area contributed by atoms with E-state index in [9.17, 15) is 18.3 Å². The summed E-state index contributed by atoms with van der Waals surface area (Å²) in [7, 11) is -2.32. The standard InChI is InChI=1S/C19H28N2O6S/c1-26-14-6-3-7-16(10-14)28(24,25)21-17-9-8-15(27-18(17)12-22)11-19(23)20-13-4-2-5-13/h3,6-7,10,13,15,17-18,21-22H,2,4-5,8-9,11-12H2,1H3,(H,20,23)/t15-,17-,18+/m1/s1. The second-order valence-electron chi connectivity index (χ2n) is 7.36. The lowest BCUT2D eigenvalue weighted by molar-refractivity contribution is -0.131. The average molecular weight is 413 g/mol. The highest BCUT2D eigenvalue weighted by atomic mass is 32.2. The summed E-state index contributed by atoms with van der Waals surface area (Å²) < 4.78 is 38.9. The molecule has 3 atom stereocenters. The molecule has 28 heavy (non-hydrogen) atoms. The highest BCUT2D eigenvalue weighted by Crippen LogP contribution is 2.25. The molecule has 0 unspecified atom stereocenters. The Bertz CT molecular complexity index is 780. The van der Waals surface area contributed by atoms with Crippen LogP contribution in [0.4, 0.5) is 0 Å². The summed E-state index contributed by atoms with van der Waals surface area (Å²) in [5, 5.41) is 12.6. The second-order valence-corrected chi connectivity index (χ2v) is 9.08. The van der Waals surface area contributed by atoms with E-state index in [1.807, 2.05) is 0 Å². The third-order valence-electron chi connectivity index (χ3n) is 5.34. The van der Waals surface area contributed by atoms with Crippen molar-refractivity contribution in [1.29, 1.82) is 0 Å². The number of sulfonamides is 1. The molecule has 0 aromatic heterocycles. The lowest BCUT2D eigenvalue weighted by Crippen LogP contribution is -2.51. The van der Waals surface area contributed by atoms with Crippen molar-refractivity contribution in [3.05, 3.63) is 24.3 Å². The first kappa shape index (κ1) is 21.0. The van der Waals surface area contributed by atoms with E-state index in [2.05, 4.69) is 10.0 Å². The maximum atomic E-state index is 12.7. The molecule has 2 fully saturated rings. The molecule has 1 heterocycles. The third-order valence-corrected chi connectivity index (χ3v) is 6.82. The van der Waals surface area contributed by atoms with Crippen molar-refractivity contribution in [2.45, 2.75) is 67.7 Å². The summed E-state index contributed by atoms with van der Waals surface area (Å²) >= 11 is 0. The minimum Gasteiger partial charge on any atom is -0.497 e. The van der Waals surface area contributed by atoms with Gasteiger partial charge in [-0.05, 0) is 44.2 Å². The van der Waals surface area contributed by atoms with Crippen LogP contribution in [0.1, 0.15) is 38.5 Å². The smallest absolute Gasteiger partial charge is 0.241 e. The summed E-state index contributed by atoms with van der Waals surface area (Å²) in [5.41, 5.74) is 0. The van der Waals surface area contributed by atoms with Crippen molar-refractivity contribution >= 4 is 15.9 Å². The summed E-state index contributed by atoms with van der Waals surface area (Å²) in [4.78, 5) is 12.2. The molecule has 0 spiro atoms. The molecule has 1 aromatic carbocycles. The maximum Gasteiger partial charge on any atom is 0.241 e. The van der Waals surface area contributed by atoms with E-state index in [4.69, 9.17) is 9.47 Å². The summed E-state index contributed by atoms with van der Waals surface area (Å²) in [6.45, 7) is -0.327. The topological polar surface area (TPSA) is 114 Å². The highest BCUT2D eigenvalue weighted by Gasteiger charge is 2.35. The van der Waals surface area contributed by atoms with Crippen LogP contribution in [0.5, 0.6) is 5.75 Å². The van der Waals surface area contributed by atoms with Crippen molar-refractivity contribution in [2.75, 3.05) is 13.7 Å². The predicted octanol–water partition coefficient (Wildman–Crippen LogP) is 0.941. The zero-order chi connectivity index (χ0) is 20.1. The van der Waals surface area contributed by atoms with Crippen LogP contribution in [-0.4, -0.2) is 57.4 Å². The number of ether oxygens (including phenoxy) is 2. The van der Waals surface area contributed by atoms with E-state index in [1.165, 1.54) is 19.2 Å². The van der Waals surface area contributed by atoms with Crippen molar-refractivity contribution in [3.63, 3.8) is 0 Å². The van der Waals surface area contributed by atoms with Gasteiger partial charge >= 0.3 is 0 Å². The van der Waals surface area contributed by atoms with Gasteiger partial charge in [0.25, 0.3) is 0 Å². The fraction of sp³-hybridized carbons (Fsp3) is 0.632. The minimum atomic E-state index is -3.79. The number of aliphatic hydroxyl groups excluding tert-OH is 1. The van der Waals surface area contributed by atoms with Crippen LogP contribution in [-0.2, 0) is 19.6 Å². The molecule has 1 saturated carbocycles. The number of amides is 1. The highest BCUT2D eigenvalue weighted by molar-refractivity contribution is 7.89. The van der Waals surface area contributed by atoms with Gasteiger partial charge in [0.1, 0.15) is 5.75 Å². The molecule has 0 radical (unpaired) electrons. The van der Waals surface area contributed by atoms with E-state index < -0.39 is 22.2 Å². The Balaban J connectivity index is 1.58. The Morgan fingerprint density at radius 2 is 2.07 bits per heavy atom.